The molecule has 2 saturated heterocycles. The summed E-state index contributed by atoms with van der Waals surface area (Å²) >= 11 is 0. The summed E-state index contributed by atoms with van der Waals surface area (Å²) in [5, 5.41) is 12.5. The van der Waals surface area contributed by atoms with Gasteiger partial charge < -0.3 is 10.4 Å². The van der Waals surface area contributed by atoms with Crippen molar-refractivity contribution in [3.8, 4) is 0 Å². The molecule has 4 nitrogen and oxygen atoms in total. The van der Waals surface area contributed by atoms with Crippen LogP contribution in [-0.4, -0.2) is 40.8 Å². The monoisotopic (exact) mass is 198 g/mol. The smallest absolute Gasteiger partial charge is 0.407 e. The maximum Gasteiger partial charge on any atom is 0.407 e. The molecule has 0 aromatic rings. The van der Waals surface area contributed by atoms with Crippen molar-refractivity contribution < 1.29 is 9.90 Å². The standard InChI is InChI=1S/C10H18N2O2/c1-9(2,3)10-4-7(11-6-10)5-12(10)8(13)14/h7,11H,4-6H2,1-3H3,(H,13,14). The third-order valence-electron chi connectivity index (χ3n) is 3.81. The summed E-state index contributed by atoms with van der Waals surface area (Å²) in [7, 11) is 0. The number of hydrogen-bond acceptors (Lipinski definition) is 2. The molecule has 2 heterocycles. The molecule has 2 fully saturated rings. The van der Waals surface area contributed by atoms with Gasteiger partial charge >= 0.3 is 6.09 Å². The highest BCUT2D eigenvalue weighted by Crippen LogP contribution is 2.46. The van der Waals surface area contributed by atoms with Crippen LogP contribution in [0.15, 0.2) is 0 Å². The fraction of sp³-hybridized carbons (Fsp3) is 0.900. The van der Waals surface area contributed by atoms with Gasteiger partial charge in [0.25, 0.3) is 0 Å². The Labute approximate surface area is 84.3 Å². The minimum absolute atomic E-state index is 0.00361. The molecular formula is C10H18N2O2. The van der Waals surface area contributed by atoms with Crippen LogP contribution in [0.2, 0.25) is 0 Å². The summed E-state index contributed by atoms with van der Waals surface area (Å²) in [6.07, 6.45) is 0.187. The Morgan fingerprint density at radius 3 is 2.57 bits per heavy atom. The summed E-state index contributed by atoms with van der Waals surface area (Å²) in [4.78, 5) is 12.8. The van der Waals surface area contributed by atoms with Crippen molar-refractivity contribution in [2.24, 2.45) is 5.41 Å². The van der Waals surface area contributed by atoms with Crippen molar-refractivity contribution in [1.82, 2.24) is 10.2 Å². The van der Waals surface area contributed by atoms with Crippen LogP contribution in [-0.2, 0) is 0 Å². The van der Waals surface area contributed by atoms with Gasteiger partial charge in [0.1, 0.15) is 0 Å². The zero-order chi connectivity index (χ0) is 10.6. The molecule has 2 aliphatic heterocycles. The summed E-state index contributed by atoms with van der Waals surface area (Å²) in [5.41, 5.74) is -0.187. The molecule has 0 radical (unpaired) electrons. The second-order valence-corrected chi connectivity index (χ2v) is 5.46. The predicted molar refractivity (Wildman–Crippen MR) is 53.3 cm³/mol. The number of rotatable bonds is 0. The van der Waals surface area contributed by atoms with Gasteiger partial charge in [0.2, 0.25) is 0 Å². The Kier molecular flexibility index (Phi) is 1.83. The Hall–Kier alpha value is -0.770. The van der Waals surface area contributed by atoms with Gasteiger partial charge in [-0.2, -0.15) is 0 Å². The van der Waals surface area contributed by atoms with Crippen molar-refractivity contribution in [2.45, 2.75) is 38.8 Å². The van der Waals surface area contributed by atoms with Crippen molar-refractivity contribution >= 4 is 6.09 Å². The number of carboxylic acid groups (broad SMARTS) is 1. The minimum atomic E-state index is -0.774. The van der Waals surface area contributed by atoms with Crippen LogP contribution in [0.4, 0.5) is 4.79 Å². The Bertz CT molecular complexity index is 272. The normalized spacial score (nSPS) is 36.5. The van der Waals surface area contributed by atoms with Gasteiger partial charge in [-0.25, -0.2) is 4.79 Å². The van der Waals surface area contributed by atoms with Crippen LogP contribution in [0, 0.1) is 5.41 Å². The van der Waals surface area contributed by atoms with Crippen LogP contribution in [0.3, 0.4) is 0 Å². The average molecular weight is 198 g/mol. The molecule has 2 atom stereocenters. The number of nitrogens with zero attached hydrogens (tertiary/aromatic N) is 1. The molecule has 2 N–H and O–H groups in total. The van der Waals surface area contributed by atoms with E-state index in [9.17, 15) is 4.79 Å². The van der Waals surface area contributed by atoms with Gasteiger partial charge in [0.15, 0.2) is 0 Å². The van der Waals surface area contributed by atoms with E-state index in [1.165, 1.54) is 0 Å². The molecule has 2 aliphatic rings. The molecule has 2 bridgehead atoms. The summed E-state index contributed by atoms with van der Waals surface area (Å²) in [6.45, 7) is 7.81. The number of piperazine rings is 1. The van der Waals surface area contributed by atoms with Crippen molar-refractivity contribution in [3.05, 3.63) is 0 Å². The van der Waals surface area contributed by atoms with Crippen molar-refractivity contribution in [2.75, 3.05) is 13.1 Å². The fourth-order valence-corrected chi connectivity index (χ4v) is 2.83. The van der Waals surface area contributed by atoms with Crippen LogP contribution in [0.1, 0.15) is 27.2 Å². The first-order valence-corrected chi connectivity index (χ1v) is 5.11. The fourth-order valence-electron chi connectivity index (χ4n) is 2.83. The van der Waals surface area contributed by atoms with E-state index < -0.39 is 6.09 Å². The number of carbonyl (C=O) groups is 1. The first-order chi connectivity index (χ1) is 6.37. The number of hydrogen-bond donors (Lipinski definition) is 2. The lowest BCUT2D eigenvalue weighted by molar-refractivity contribution is 0.0318. The molecule has 0 aromatic carbocycles. The van der Waals surface area contributed by atoms with Gasteiger partial charge in [-0.15, -0.1) is 0 Å². The molecule has 0 aromatic heterocycles. The second-order valence-electron chi connectivity index (χ2n) is 5.46. The molecule has 4 heteroatoms. The van der Waals surface area contributed by atoms with Crippen LogP contribution in [0.5, 0.6) is 0 Å². The summed E-state index contributed by atoms with van der Waals surface area (Å²) in [6, 6.07) is 0.366. The van der Waals surface area contributed by atoms with E-state index in [1.54, 1.807) is 4.90 Å². The maximum atomic E-state index is 11.1. The number of nitrogens with one attached hydrogen (secondary N) is 1. The molecule has 0 saturated carbocycles. The lowest BCUT2D eigenvalue weighted by Gasteiger charge is -2.46. The van der Waals surface area contributed by atoms with Gasteiger partial charge in [-0.05, 0) is 11.8 Å². The van der Waals surface area contributed by atoms with E-state index in [1.807, 2.05) is 0 Å². The summed E-state index contributed by atoms with van der Waals surface area (Å²) in [5.74, 6) is 0. The van der Waals surface area contributed by atoms with Crippen molar-refractivity contribution in [3.63, 3.8) is 0 Å². The van der Waals surface area contributed by atoms with E-state index in [0.717, 1.165) is 13.0 Å². The molecule has 2 rings (SSSR count). The third kappa shape index (κ3) is 1.06. The van der Waals surface area contributed by atoms with E-state index in [2.05, 4.69) is 26.1 Å². The lowest BCUT2D eigenvalue weighted by atomic mass is 9.73. The highest BCUT2D eigenvalue weighted by Gasteiger charge is 2.58. The molecule has 0 aliphatic carbocycles. The maximum absolute atomic E-state index is 11.1. The molecule has 0 spiro atoms. The average Bonchev–Trinajstić information content (AvgIpc) is 2.58. The SMILES string of the molecule is CC(C)(C)C12CNC(CN1C(=O)O)C2. The zero-order valence-corrected chi connectivity index (χ0v) is 9.00. The largest absolute Gasteiger partial charge is 0.465 e. The first-order valence-electron chi connectivity index (χ1n) is 5.11. The van der Waals surface area contributed by atoms with Crippen LogP contribution in [0.25, 0.3) is 0 Å². The highest BCUT2D eigenvalue weighted by molar-refractivity contribution is 5.67. The van der Waals surface area contributed by atoms with Crippen LogP contribution < -0.4 is 5.32 Å². The van der Waals surface area contributed by atoms with Gasteiger partial charge in [-0.3, -0.25) is 4.90 Å². The lowest BCUT2D eigenvalue weighted by Crippen LogP contribution is -2.60. The van der Waals surface area contributed by atoms with E-state index in [-0.39, 0.29) is 11.0 Å². The highest BCUT2D eigenvalue weighted by atomic mass is 16.4. The molecule has 2 unspecified atom stereocenters. The predicted octanol–water partition coefficient (Wildman–Crippen LogP) is 1.13. The quantitative estimate of drug-likeness (QED) is 0.613. The van der Waals surface area contributed by atoms with Gasteiger partial charge in [0.05, 0.1) is 5.54 Å². The Balaban J connectivity index is 2.35. The molecule has 14 heavy (non-hydrogen) atoms. The third-order valence-corrected chi connectivity index (χ3v) is 3.81. The second kappa shape index (κ2) is 2.63. The van der Waals surface area contributed by atoms with Gasteiger partial charge in [-0.1, -0.05) is 20.8 Å². The van der Waals surface area contributed by atoms with Gasteiger partial charge in [0, 0.05) is 19.1 Å². The first kappa shape index (κ1) is 9.77. The number of fused-ring (bicyclic) bond motifs is 2. The summed E-state index contributed by atoms with van der Waals surface area (Å²) < 4.78 is 0. The number of likely N-dealkylation sites (tertiary alicyclic amines) is 1. The number of amides is 1. The topological polar surface area (TPSA) is 52.6 Å². The molecular weight excluding hydrogens is 180 g/mol. The minimum Gasteiger partial charge on any atom is -0.465 e. The van der Waals surface area contributed by atoms with Crippen molar-refractivity contribution in [1.29, 1.82) is 0 Å². The van der Waals surface area contributed by atoms with E-state index in [0.29, 0.717) is 12.6 Å². The van der Waals surface area contributed by atoms with E-state index in [4.69, 9.17) is 5.11 Å². The molecule has 1 amide bonds. The Morgan fingerprint density at radius 2 is 2.21 bits per heavy atom. The zero-order valence-electron chi connectivity index (χ0n) is 9.00. The Morgan fingerprint density at radius 1 is 1.57 bits per heavy atom. The van der Waals surface area contributed by atoms with E-state index >= 15 is 0 Å². The van der Waals surface area contributed by atoms with Crippen LogP contribution >= 0.6 is 0 Å². The molecule has 80 valence electrons.